The van der Waals surface area contributed by atoms with E-state index in [1.54, 1.807) is 20.8 Å². The average molecular weight is 288 g/mol. The van der Waals surface area contributed by atoms with Gasteiger partial charge in [-0.1, -0.05) is 36.4 Å². The van der Waals surface area contributed by atoms with Gasteiger partial charge in [0.05, 0.1) is 12.2 Å². The highest BCUT2D eigenvalue weighted by Crippen LogP contribution is 2.33. The molecule has 0 fully saturated rings. The van der Waals surface area contributed by atoms with Crippen molar-refractivity contribution in [3.8, 4) is 5.75 Å². The Morgan fingerprint density at radius 3 is 2.52 bits per heavy atom. The lowest BCUT2D eigenvalue weighted by Crippen LogP contribution is -2.19. The zero-order chi connectivity index (χ0) is 15.4. The van der Waals surface area contributed by atoms with Crippen LogP contribution in [-0.2, 0) is 9.53 Å². The molecule has 0 spiro atoms. The molecule has 112 valence electrons. The maximum absolute atomic E-state index is 11.6. The monoisotopic (exact) mass is 288 g/mol. The summed E-state index contributed by atoms with van der Waals surface area (Å²) in [7, 11) is 0. The van der Waals surface area contributed by atoms with Gasteiger partial charge in [0.25, 0.3) is 0 Å². The van der Waals surface area contributed by atoms with Crippen LogP contribution < -0.4 is 4.74 Å². The van der Waals surface area contributed by atoms with E-state index in [1.807, 2.05) is 36.4 Å². The maximum atomic E-state index is 11.6. The zero-order valence-corrected chi connectivity index (χ0v) is 12.5. The number of esters is 1. The van der Waals surface area contributed by atoms with Gasteiger partial charge < -0.3 is 14.6 Å². The van der Waals surface area contributed by atoms with E-state index in [-0.39, 0.29) is 12.7 Å². The van der Waals surface area contributed by atoms with Crippen molar-refractivity contribution in [1.82, 2.24) is 0 Å². The molecule has 2 rings (SSSR count). The highest BCUT2D eigenvalue weighted by Gasteiger charge is 2.15. The van der Waals surface area contributed by atoms with Crippen molar-refractivity contribution in [2.24, 2.45) is 0 Å². The van der Waals surface area contributed by atoms with E-state index < -0.39 is 12.1 Å². The topological polar surface area (TPSA) is 55.8 Å². The van der Waals surface area contributed by atoms with Crippen LogP contribution in [0.2, 0.25) is 0 Å². The number of carbonyl (C=O) groups is 1. The third-order valence-electron chi connectivity index (χ3n) is 3.06. The highest BCUT2D eigenvalue weighted by molar-refractivity contribution is 5.90. The molecule has 0 aliphatic heterocycles. The molecule has 0 saturated carbocycles. The van der Waals surface area contributed by atoms with E-state index in [1.165, 1.54) is 0 Å². The number of fused-ring (bicyclic) bond motifs is 1. The number of aliphatic hydroxyl groups excluding tert-OH is 1. The van der Waals surface area contributed by atoms with Crippen LogP contribution >= 0.6 is 0 Å². The van der Waals surface area contributed by atoms with Crippen molar-refractivity contribution in [3.05, 3.63) is 42.0 Å². The van der Waals surface area contributed by atoms with Crippen molar-refractivity contribution in [2.45, 2.75) is 33.0 Å². The van der Waals surface area contributed by atoms with Gasteiger partial charge in [-0.05, 0) is 26.2 Å². The third-order valence-corrected chi connectivity index (χ3v) is 3.06. The molecule has 4 nitrogen and oxygen atoms in total. The van der Waals surface area contributed by atoms with Crippen LogP contribution in [-0.4, -0.2) is 23.8 Å². The number of rotatable bonds is 5. The van der Waals surface area contributed by atoms with Crippen LogP contribution in [0.5, 0.6) is 5.75 Å². The van der Waals surface area contributed by atoms with Crippen LogP contribution in [0.3, 0.4) is 0 Å². The van der Waals surface area contributed by atoms with Crippen molar-refractivity contribution in [2.75, 3.05) is 6.61 Å². The van der Waals surface area contributed by atoms with Gasteiger partial charge >= 0.3 is 5.97 Å². The molecule has 0 heterocycles. The summed E-state index contributed by atoms with van der Waals surface area (Å²) in [6, 6.07) is 11.4. The number of benzene rings is 2. The van der Waals surface area contributed by atoms with Gasteiger partial charge in [-0.3, -0.25) is 0 Å². The van der Waals surface area contributed by atoms with Gasteiger partial charge in [0.15, 0.2) is 6.61 Å². The van der Waals surface area contributed by atoms with Crippen LogP contribution in [0.4, 0.5) is 0 Å². The molecule has 0 unspecified atom stereocenters. The average Bonchev–Trinajstić information content (AvgIpc) is 2.43. The van der Waals surface area contributed by atoms with Crippen LogP contribution in [0.25, 0.3) is 10.8 Å². The summed E-state index contributed by atoms with van der Waals surface area (Å²) in [5.74, 6) is 0.110. The molecule has 0 saturated heterocycles. The second-order valence-corrected chi connectivity index (χ2v) is 5.21. The predicted octanol–water partition coefficient (Wildman–Crippen LogP) is 3.22. The van der Waals surface area contributed by atoms with E-state index in [0.717, 1.165) is 10.8 Å². The summed E-state index contributed by atoms with van der Waals surface area (Å²) in [5, 5.41) is 11.7. The number of hydrogen-bond donors (Lipinski definition) is 1. The Morgan fingerprint density at radius 1 is 1.14 bits per heavy atom. The molecule has 21 heavy (non-hydrogen) atoms. The first-order chi connectivity index (χ1) is 9.99. The minimum absolute atomic E-state index is 0.175. The summed E-state index contributed by atoms with van der Waals surface area (Å²) in [6.07, 6.45) is -0.851. The Morgan fingerprint density at radius 2 is 1.86 bits per heavy atom. The SMILES string of the molecule is CC(C)OC(=O)COc1c([C@@H](C)O)ccc2ccccc12. The molecule has 0 amide bonds. The van der Waals surface area contributed by atoms with Gasteiger partial charge in [0.1, 0.15) is 5.75 Å². The van der Waals surface area contributed by atoms with Crippen LogP contribution in [0.1, 0.15) is 32.4 Å². The Hall–Kier alpha value is -2.07. The van der Waals surface area contributed by atoms with Gasteiger partial charge in [0, 0.05) is 10.9 Å². The fourth-order valence-corrected chi connectivity index (χ4v) is 2.18. The standard InChI is InChI=1S/C17H20O4/c1-11(2)21-16(19)10-20-17-14(12(3)18)9-8-13-6-4-5-7-15(13)17/h4-9,11-12,18H,10H2,1-3H3/t12-/m1/s1. The molecular weight excluding hydrogens is 268 g/mol. The first-order valence-electron chi connectivity index (χ1n) is 7.01. The molecule has 0 aliphatic rings. The van der Waals surface area contributed by atoms with E-state index in [4.69, 9.17) is 9.47 Å². The summed E-state index contributed by atoms with van der Waals surface area (Å²) in [4.78, 5) is 11.6. The van der Waals surface area contributed by atoms with Crippen molar-refractivity contribution in [1.29, 1.82) is 0 Å². The number of carbonyl (C=O) groups excluding carboxylic acids is 1. The lowest BCUT2D eigenvalue weighted by atomic mass is 10.0. The smallest absolute Gasteiger partial charge is 0.344 e. The molecule has 1 atom stereocenters. The molecule has 0 bridgehead atoms. The fraction of sp³-hybridized carbons (Fsp3) is 0.353. The molecule has 1 N–H and O–H groups in total. The molecule has 0 aliphatic carbocycles. The number of aliphatic hydroxyl groups is 1. The molecule has 4 heteroatoms. The Labute approximate surface area is 124 Å². The quantitative estimate of drug-likeness (QED) is 0.858. The fourth-order valence-electron chi connectivity index (χ4n) is 2.18. The second-order valence-electron chi connectivity index (χ2n) is 5.21. The van der Waals surface area contributed by atoms with E-state index in [2.05, 4.69) is 0 Å². The molecule has 0 radical (unpaired) electrons. The third kappa shape index (κ3) is 3.73. The van der Waals surface area contributed by atoms with Crippen LogP contribution in [0.15, 0.2) is 36.4 Å². The van der Waals surface area contributed by atoms with Crippen LogP contribution in [0, 0.1) is 0 Å². The van der Waals surface area contributed by atoms with Gasteiger partial charge in [-0.15, -0.1) is 0 Å². The molecule has 2 aromatic carbocycles. The van der Waals surface area contributed by atoms with Crippen molar-refractivity contribution in [3.63, 3.8) is 0 Å². The maximum Gasteiger partial charge on any atom is 0.344 e. The van der Waals surface area contributed by atoms with Gasteiger partial charge in [0.2, 0.25) is 0 Å². The number of hydrogen-bond acceptors (Lipinski definition) is 4. The molecule has 2 aromatic rings. The van der Waals surface area contributed by atoms with Gasteiger partial charge in [-0.2, -0.15) is 0 Å². The lowest BCUT2D eigenvalue weighted by molar-refractivity contribution is -0.149. The second kappa shape index (κ2) is 6.59. The van der Waals surface area contributed by atoms with Crippen molar-refractivity contribution >= 4 is 16.7 Å². The normalized spacial score (nSPS) is 12.4. The first kappa shape index (κ1) is 15.3. The minimum atomic E-state index is -0.675. The first-order valence-corrected chi connectivity index (χ1v) is 7.01. The predicted molar refractivity (Wildman–Crippen MR) is 81.3 cm³/mol. The summed E-state index contributed by atoms with van der Waals surface area (Å²) in [6.45, 7) is 5.07. The lowest BCUT2D eigenvalue weighted by Gasteiger charge is -2.16. The van der Waals surface area contributed by atoms with Crippen molar-refractivity contribution < 1.29 is 19.4 Å². The van der Waals surface area contributed by atoms with Gasteiger partial charge in [-0.25, -0.2) is 4.79 Å². The van der Waals surface area contributed by atoms with E-state index in [0.29, 0.717) is 11.3 Å². The Bertz CT molecular complexity index is 632. The minimum Gasteiger partial charge on any atom is -0.481 e. The zero-order valence-electron chi connectivity index (χ0n) is 12.5. The molecule has 0 aromatic heterocycles. The summed E-state index contributed by atoms with van der Waals surface area (Å²) in [5.41, 5.74) is 0.658. The summed E-state index contributed by atoms with van der Waals surface area (Å²) >= 11 is 0. The van der Waals surface area contributed by atoms with E-state index >= 15 is 0 Å². The molecular formula is C17H20O4. The summed E-state index contributed by atoms with van der Waals surface area (Å²) < 4.78 is 10.7. The highest BCUT2D eigenvalue weighted by atomic mass is 16.6. The largest absolute Gasteiger partial charge is 0.481 e. The Balaban J connectivity index is 2.31. The Kier molecular flexibility index (Phi) is 4.81. The number of ether oxygens (including phenoxy) is 2. The van der Waals surface area contributed by atoms with E-state index in [9.17, 15) is 9.90 Å².